The van der Waals surface area contributed by atoms with Gasteiger partial charge in [0.05, 0.1) is 6.61 Å². The van der Waals surface area contributed by atoms with Gasteiger partial charge in [0, 0.05) is 23.2 Å². The first kappa shape index (κ1) is 13.5. The number of halogens is 1. The largest absolute Gasteiger partial charge is 0.365 e. The predicted molar refractivity (Wildman–Crippen MR) is 74.9 cm³/mol. The fourth-order valence-electron chi connectivity index (χ4n) is 2.03. The molecule has 1 aromatic carbocycles. The van der Waals surface area contributed by atoms with E-state index in [0.29, 0.717) is 19.7 Å². The Morgan fingerprint density at radius 3 is 3.00 bits per heavy atom. The molecule has 0 aliphatic carbocycles. The average molecular weight is 313 g/mol. The van der Waals surface area contributed by atoms with Crippen LogP contribution in [0.4, 0.5) is 5.69 Å². The second-order valence-corrected chi connectivity index (χ2v) is 5.19. The monoisotopic (exact) mass is 312 g/mol. The normalized spacial score (nSPS) is 20.3. The van der Waals surface area contributed by atoms with E-state index in [1.807, 2.05) is 32.2 Å². The number of hydrogen-bond acceptors (Lipinski definition) is 3. The average Bonchev–Trinajstić information content (AvgIpc) is 2.36. The fourth-order valence-corrected chi connectivity index (χ4v) is 2.27. The molecule has 1 heterocycles. The van der Waals surface area contributed by atoms with Gasteiger partial charge in [-0.25, -0.2) is 0 Å². The number of carbonyl (C=O) groups is 1. The number of morpholine rings is 1. The van der Waals surface area contributed by atoms with E-state index in [9.17, 15) is 4.79 Å². The summed E-state index contributed by atoms with van der Waals surface area (Å²) >= 11 is 3.47. The SMILES string of the molecule is CNCC1OCCN(c2ccc(Br)c(C)c2)C1=O. The van der Waals surface area contributed by atoms with Gasteiger partial charge >= 0.3 is 0 Å². The number of nitrogens with one attached hydrogen (secondary N) is 1. The van der Waals surface area contributed by atoms with Crippen molar-refractivity contribution in [2.75, 3.05) is 31.6 Å². The molecule has 1 aliphatic heterocycles. The molecular weight excluding hydrogens is 296 g/mol. The standard InChI is InChI=1S/C13H17BrN2O2/c1-9-7-10(3-4-11(9)14)16-5-6-18-12(8-15-2)13(16)17/h3-4,7,12,15H,5-6,8H2,1-2H3. The maximum absolute atomic E-state index is 12.3. The van der Waals surface area contributed by atoms with Crippen LogP contribution in [-0.4, -0.2) is 38.8 Å². The topological polar surface area (TPSA) is 41.6 Å². The summed E-state index contributed by atoms with van der Waals surface area (Å²) in [6.07, 6.45) is -0.382. The van der Waals surface area contributed by atoms with Gasteiger partial charge in [0.25, 0.3) is 5.91 Å². The smallest absolute Gasteiger partial charge is 0.257 e. The minimum atomic E-state index is -0.382. The van der Waals surface area contributed by atoms with E-state index >= 15 is 0 Å². The molecule has 1 unspecified atom stereocenters. The molecule has 0 saturated carbocycles. The van der Waals surface area contributed by atoms with E-state index in [4.69, 9.17) is 4.74 Å². The highest BCUT2D eigenvalue weighted by Gasteiger charge is 2.29. The van der Waals surface area contributed by atoms with Gasteiger partial charge in [0.2, 0.25) is 0 Å². The van der Waals surface area contributed by atoms with Crippen LogP contribution in [0.5, 0.6) is 0 Å². The van der Waals surface area contributed by atoms with Gasteiger partial charge in [0.15, 0.2) is 0 Å². The lowest BCUT2D eigenvalue weighted by Crippen LogP contribution is -2.51. The number of anilines is 1. The molecule has 2 rings (SSSR count). The number of amides is 1. The molecule has 0 bridgehead atoms. The molecule has 1 aliphatic rings. The minimum Gasteiger partial charge on any atom is -0.365 e. The summed E-state index contributed by atoms with van der Waals surface area (Å²) in [6.45, 7) is 3.75. The lowest BCUT2D eigenvalue weighted by Gasteiger charge is -2.32. The third-order valence-corrected chi connectivity index (χ3v) is 3.91. The zero-order chi connectivity index (χ0) is 13.1. The third-order valence-electron chi connectivity index (χ3n) is 3.02. The molecule has 1 fully saturated rings. The number of hydrogen-bond donors (Lipinski definition) is 1. The predicted octanol–water partition coefficient (Wildman–Crippen LogP) is 1.71. The van der Waals surface area contributed by atoms with Crippen molar-refractivity contribution in [2.45, 2.75) is 13.0 Å². The van der Waals surface area contributed by atoms with Gasteiger partial charge < -0.3 is 15.0 Å². The van der Waals surface area contributed by atoms with Gasteiger partial charge in [-0.15, -0.1) is 0 Å². The van der Waals surface area contributed by atoms with E-state index in [1.54, 1.807) is 4.90 Å². The summed E-state index contributed by atoms with van der Waals surface area (Å²) in [5, 5.41) is 2.98. The number of rotatable bonds is 3. The van der Waals surface area contributed by atoms with Crippen molar-refractivity contribution in [2.24, 2.45) is 0 Å². The Kier molecular flexibility index (Phi) is 4.37. The van der Waals surface area contributed by atoms with Crippen LogP contribution >= 0.6 is 15.9 Å². The molecule has 0 radical (unpaired) electrons. The van der Waals surface area contributed by atoms with Gasteiger partial charge in [-0.3, -0.25) is 4.79 Å². The summed E-state index contributed by atoms with van der Waals surface area (Å²) < 4.78 is 6.53. The van der Waals surface area contributed by atoms with E-state index in [2.05, 4.69) is 21.2 Å². The molecule has 5 heteroatoms. The Labute approximate surface area is 115 Å². The Balaban J connectivity index is 2.21. The van der Waals surface area contributed by atoms with Crippen molar-refractivity contribution in [1.29, 1.82) is 0 Å². The summed E-state index contributed by atoms with van der Waals surface area (Å²) in [5.74, 6) is 0.0253. The summed E-state index contributed by atoms with van der Waals surface area (Å²) in [7, 11) is 1.82. The number of nitrogens with zero attached hydrogens (tertiary/aromatic N) is 1. The lowest BCUT2D eigenvalue weighted by molar-refractivity contribution is -0.133. The molecule has 0 spiro atoms. The Morgan fingerprint density at radius 1 is 1.56 bits per heavy atom. The molecule has 0 aromatic heterocycles. The minimum absolute atomic E-state index is 0.0253. The quantitative estimate of drug-likeness (QED) is 0.924. The highest BCUT2D eigenvalue weighted by molar-refractivity contribution is 9.10. The number of ether oxygens (including phenoxy) is 1. The third kappa shape index (κ3) is 2.74. The van der Waals surface area contributed by atoms with Crippen LogP contribution in [-0.2, 0) is 9.53 Å². The molecule has 1 aromatic rings. The van der Waals surface area contributed by atoms with Crippen LogP contribution in [0.1, 0.15) is 5.56 Å². The first-order valence-electron chi connectivity index (χ1n) is 5.97. The molecule has 1 atom stereocenters. The Bertz CT molecular complexity index is 449. The zero-order valence-electron chi connectivity index (χ0n) is 10.6. The van der Waals surface area contributed by atoms with Crippen molar-refractivity contribution < 1.29 is 9.53 Å². The van der Waals surface area contributed by atoms with Crippen LogP contribution in [0.2, 0.25) is 0 Å². The van der Waals surface area contributed by atoms with Crippen molar-refractivity contribution in [3.05, 3.63) is 28.2 Å². The van der Waals surface area contributed by atoms with Gasteiger partial charge in [-0.05, 0) is 37.7 Å². The second kappa shape index (κ2) is 5.82. The molecule has 18 heavy (non-hydrogen) atoms. The maximum Gasteiger partial charge on any atom is 0.257 e. The number of aryl methyl sites for hydroxylation is 1. The molecular formula is C13H17BrN2O2. The van der Waals surface area contributed by atoms with Crippen molar-refractivity contribution >= 4 is 27.5 Å². The van der Waals surface area contributed by atoms with Crippen LogP contribution in [0.15, 0.2) is 22.7 Å². The summed E-state index contributed by atoms with van der Waals surface area (Å²) in [6, 6.07) is 5.95. The Hall–Kier alpha value is -0.910. The van der Waals surface area contributed by atoms with E-state index in [0.717, 1.165) is 15.7 Å². The van der Waals surface area contributed by atoms with Gasteiger partial charge in [-0.1, -0.05) is 15.9 Å². The molecule has 4 nitrogen and oxygen atoms in total. The zero-order valence-corrected chi connectivity index (χ0v) is 12.2. The van der Waals surface area contributed by atoms with Crippen LogP contribution < -0.4 is 10.2 Å². The van der Waals surface area contributed by atoms with Crippen LogP contribution in [0, 0.1) is 6.92 Å². The molecule has 1 N–H and O–H groups in total. The number of carbonyl (C=O) groups excluding carboxylic acids is 1. The molecule has 1 saturated heterocycles. The number of likely N-dealkylation sites (N-methyl/N-ethyl adjacent to an activating group) is 1. The van der Waals surface area contributed by atoms with Crippen molar-refractivity contribution in [3.8, 4) is 0 Å². The molecule has 1 amide bonds. The second-order valence-electron chi connectivity index (χ2n) is 4.34. The number of benzene rings is 1. The van der Waals surface area contributed by atoms with Gasteiger partial charge in [0.1, 0.15) is 6.10 Å². The van der Waals surface area contributed by atoms with Crippen LogP contribution in [0.25, 0.3) is 0 Å². The van der Waals surface area contributed by atoms with E-state index < -0.39 is 0 Å². The maximum atomic E-state index is 12.3. The van der Waals surface area contributed by atoms with E-state index in [1.165, 1.54) is 0 Å². The summed E-state index contributed by atoms with van der Waals surface area (Å²) in [5.41, 5.74) is 2.06. The van der Waals surface area contributed by atoms with Crippen molar-refractivity contribution in [3.63, 3.8) is 0 Å². The van der Waals surface area contributed by atoms with Gasteiger partial charge in [-0.2, -0.15) is 0 Å². The highest BCUT2D eigenvalue weighted by Crippen LogP contribution is 2.24. The molecule has 98 valence electrons. The Morgan fingerprint density at radius 2 is 2.33 bits per heavy atom. The highest BCUT2D eigenvalue weighted by atomic mass is 79.9. The van der Waals surface area contributed by atoms with E-state index in [-0.39, 0.29) is 12.0 Å². The first-order valence-corrected chi connectivity index (χ1v) is 6.76. The van der Waals surface area contributed by atoms with Crippen LogP contribution in [0.3, 0.4) is 0 Å². The fraction of sp³-hybridized carbons (Fsp3) is 0.462. The lowest BCUT2D eigenvalue weighted by atomic mass is 10.1. The first-order chi connectivity index (χ1) is 8.63. The van der Waals surface area contributed by atoms with Crippen molar-refractivity contribution in [1.82, 2.24) is 5.32 Å². The summed E-state index contributed by atoms with van der Waals surface area (Å²) in [4.78, 5) is 14.1.